The van der Waals surface area contributed by atoms with E-state index in [0.29, 0.717) is 5.57 Å². The number of rotatable bonds is 6. The first kappa shape index (κ1) is 19.3. The Morgan fingerprint density at radius 2 is 2.15 bits per heavy atom. The van der Waals surface area contributed by atoms with Crippen molar-refractivity contribution in [1.82, 2.24) is 9.80 Å². The summed E-state index contributed by atoms with van der Waals surface area (Å²) >= 11 is 0. The molecule has 26 heavy (non-hydrogen) atoms. The summed E-state index contributed by atoms with van der Waals surface area (Å²) in [7, 11) is 0. The van der Waals surface area contributed by atoms with Gasteiger partial charge in [0.05, 0.1) is 18.5 Å². The summed E-state index contributed by atoms with van der Waals surface area (Å²) in [5.41, 5.74) is 0.130. The molecule has 2 rings (SSSR count). The summed E-state index contributed by atoms with van der Waals surface area (Å²) in [6.45, 7) is 5.11. The molecule has 2 atom stereocenters. The molecule has 7 heteroatoms. The first-order valence-electron chi connectivity index (χ1n) is 8.21. The van der Waals surface area contributed by atoms with Gasteiger partial charge in [-0.2, -0.15) is 5.26 Å². The molecule has 7 nitrogen and oxygen atoms in total. The molecule has 0 spiro atoms. The number of imide groups is 1. The van der Waals surface area contributed by atoms with Gasteiger partial charge in [-0.05, 0) is 24.3 Å². The van der Waals surface area contributed by atoms with Gasteiger partial charge in [-0.25, -0.2) is 9.69 Å². The molecular weight excluding hydrogens is 334 g/mol. The summed E-state index contributed by atoms with van der Waals surface area (Å²) in [6.07, 6.45) is 10.3. The van der Waals surface area contributed by atoms with Gasteiger partial charge in [0.1, 0.15) is 6.54 Å². The molecule has 0 unspecified atom stereocenters. The maximum atomic E-state index is 12.4. The summed E-state index contributed by atoms with van der Waals surface area (Å²) in [6, 6.07) is 1.52. The first-order chi connectivity index (χ1) is 12.3. The molecule has 1 saturated heterocycles. The van der Waals surface area contributed by atoms with Crippen molar-refractivity contribution in [3.05, 3.63) is 23.8 Å². The number of carbonyl (C=O) groups excluding carboxylic acids is 3. The summed E-state index contributed by atoms with van der Waals surface area (Å²) in [5, 5.41) is 9.12. The zero-order valence-corrected chi connectivity index (χ0v) is 15.1. The number of urea groups is 1. The molecule has 2 aliphatic rings. The molecule has 0 bridgehead atoms. The van der Waals surface area contributed by atoms with E-state index in [1.807, 2.05) is 20.8 Å². The lowest BCUT2D eigenvalue weighted by Gasteiger charge is -2.15. The van der Waals surface area contributed by atoms with Gasteiger partial charge in [0.25, 0.3) is 5.91 Å². The Bertz CT molecular complexity index is 767. The van der Waals surface area contributed by atoms with Crippen LogP contribution in [0.5, 0.6) is 0 Å². The Balaban J connectivity index is 1.99. The van der Waals surface area contributed by atoms with Crippen molar-refractivity contribution in [3.63, 3.8) is 0 Å². The highest BCUT2D eigenvalue weighted by atomic mass is 16.5. The predicted molar refractivity (Wildman–Crippen MR) is 92.9 cm³/mol. The Morgan fingerprint density at radius 3 is 2.73 bits per heavy atom. The van der Waals surface area contributed by atoms with E-state index in [0.717, 1.165) is 4.90 Å². The highest BCUT2D eigenvalue weighted by Crippen LogP contribution is 2.59. The highest BCUT2D eigenvalue weighted by Gasteiger charge is 2.61. The van der Waals surface area contributed by atoms with Crippen molar-refractivity contribution >= 4 is 17.9 Å². The highest BCUT2D eigenvalue weighted by molar-refractivity contribution is 6.02. The molecule has 136 valence electrons. The van der Waals surface area contributed by atoms with Crippen LogP contribution < -0.4 is 0 Å². The molecule has 0 N–H and O–H groups in total. The molecule has 2 fully saturated rings. The van der Waals surface area contributed by atoms with Crippen LogP contribution in [-0.2, 0) is 14.3 Å². The molecular formula is C19H21N3O4. The van der Waals surface area contributed by atoms with Gasteiger partial charge >= 0.3 is 12.0 Å². The third-order valence-electron chi connectivity index (χ3n) is 4.75. The van der Waals surface area contributed by atoms with Crippen LogP contribution in [0.1, 0.15) is 20.8 Å². The van der Waals surface area contributed by atoms with Gasteiger partial charge in [-0.3, -0.25) is 9.59 Å². The van der Waals surface area contributed by atoms with E-state index in [2.05, 4.69) is 12.0 Å². The number of esters is 1. The molecule has 0 aromatic carbocycles. The van der Waals surface area contributed by atoms with Crippen LogP contribution >= 0.6 is 0 Å². The number of hydrogen-bond acceptors (Lipinski definition) is 5. The predicted octanol–water partition coefficient (Wildman–Crippen LogP) is 1.68. The smallest absolute Gasteiger partial charge is 0.330 e. The average Bonchev–Trinajstić information content (AvgIpc) is 3.02. The molecule has 0 aromatic heterocycles. The minimum atomic E-state index is -0.563. The molecule has 1 aliphatic carbocycles. The second-order valence-corrected chi connectivity index (χ2v) is 6.82. The number of hydrogen-bond donors (Lipinski definition) is 0. The lowest BCUT2D eigenvalue weighted by atomic mass is 10.1. The van der Waals surface area contributed by atoms with Crippen molar-refractivity contribution in [2.75, 3.05) is 19.8 Å². The number of nitriles is 1. The van der Waals surface area contributed by atoms with Crippen LogP contribution in [-0.4, -0.2) is 47.5 Å². The minimum absolute atomic E-state index is 0.0272. The lowest BCUT2D eigenvalue weighted by Crippen LogP contribution is -2.36. The van der Waals surface area contributed by atoms with Crippen LogP contribution in [0, 0.1) is 40.9 Å². The van der Waals surface area contributed by atoms with Crippen molar-refractivity contribution in [2.24, 2.45) is 17.3 Å². The minimum Gasteiger partial charge on any atom is -0.443 e. The fourth-order valence-electron chi connectivity index (χ4n) is 3.11. The van der Waals surface area contributed by atoms with Gasteiger partial charge in [-0.15, -0.1) is 6.42 Å². The summed E-state index contributed by atoms with van der Waals surface area (Å²) < 4.78 is 5.20. The lowest BCUT2D eigenvalue weighted by molar-refractivity contribution is -0.151. The molecule has 0 radical (unpaired) electrons. The van der Waals surface area contributed by atoms with Gasteiger partial charge in [-0.1, -0.05) is 31.9 Å². The normalized spacial score (nSPS) is 24.6. The van der Waals surface area contributed by atoms with Crippen LogP contribution in [0.15, 0.2) is 23.8 Å². The second kappa shape index (κ2) is 7.45. The third-order valence-corrected chi connectivity index (χ3v) is 4.75. The maximum Gasteiger partial charge on any atom is 0.330 e. The van der Waals surface area contributed by atoms with Crippen molar-refractivity contribution in [1.29, 1.82) is 5.26 Å². The van der Waals surface area contributed by atoms with Crippen LogP contribution in [0.2, 0.25) is 0 Å². The number of terminal acetylenes is 1. The van der Waals surface area contributed by atoms with Crippen LogP contribution in [0.4, 0.5) is 4.79 Å². The van der Waals surface area contributed by atoms with Crippen molar-refractivity contribution in [2.45, 2.75) is 20.8 Å². The largest absolute Gasteiger partial charge is 0.443 e. The Hall–Kier alpha value is -3.06. The SMILES string of the molecule is C#CCN1CC(=O)N(COC(=O)[C@@H]2[C@@H](/C=C(C#N)/C=C/C)C2(C)C)C1=O. The zero-order chi connectivity index (χ0) is 19.5. The number of nitrogens with zero attached hydrogens (tertiary/aromatic N) is 3. The van der Waals surface area contributed by atoms with E-state index in [1.54, 1.807) is 18.2 Å². The monoisotopic (exact) mass is 355 g/mol. The number of carbonyl (C=O) groups is 3. The Labute approximate surface area is 152 Å². The van der Waals surface area contributed by atoms with Gasteiger partial charge in [0, 0.05) is 5.57 Å². The van der Waals surface area contributed by atoms with E-state index in [4.69, 9.17) is 16.4 Å². The zero-order valence-electron chi connectivity index (χ0n) is 15.1. The van der Waals surface area contributed by atoms with E-state index in [9.17, 15) is 14.4 Å². The Kier molecular flexibility index (Phi) is 5.52. The van der Waals surface area contributed by atoms with E-state index in [-0.39, 0.29) is 24.4 Å². The fraction of sp³-hybridized carbons (Fsp3) is 0.474. The quantitative estimate of drug-likeness (QED) is 0.238. The van der Waals surface area contributed by atoms with Crippen molar-refractivity contribution < 1.29 is 19.1 Å². The topological polar surface area (TPSA) is 90.7 Å². The second-order valence-electron chi connectivity index (χ2n) is 6.82. The van der Waals surface area contributed by atoms with E-state index in [1.165, 1.54) is 4.90 Å². The number of amides is 3. The van der Waals surface area contributed by atoms with Gasteiger partial charge in [0.2, 0.25) is 0 Å². The van der Waals surface area contributed by atoms with Crippen LogP contribution in [0.25, 0.3) is 0 Å². The first-order valence-corrected chi connectivity index (χ1v) is 8.21. The molecule has 0 aromatic rings. The average molecular weight is 355 g/mol. The standard InChI is InChI=1S/C19H21N3O4/c1-5-7-13(10-20)9-14-16(19(14,3)4)17(24)26-12-22-15(23)11-21(8-6-2)18(22)25/h2,5,7,9,14,16H,8,11-12H2,1,3-4H3/b7-5+,13-9-/t14-,16+/m1/s1. The van der Waals surface area contributed by atoms with Crippen LogP contribution in [0.3, 0.4) is 0 Å². The fourth-order valence-corrected chi connectivity index (χ4v) is 3.11. The van der Waals surface area contributed by atoms with Gasteiger partial charge < -0.3 is 9.64 Å². The number of allylic oxidation sites excluding steroid dienone is 4. The van der Waals surface area contributed by atoms with Crippen molar-refractivity contribution in [3.8, 4) is 18.4 Å². The molecule has 1 heterocycles. The van der Waals surface area contributed by atoms with E-state index >= 15 is 0 Å². The summed E-state index contributed by atoms with van der Waals surface area (Å²) in [5.74, 6) is 0.795. The molecule has 3 amide bonds. The Morgan fingerprint density at radius 1 is 1.46 bits per heavy atom. The summed E-state index contributed by atoms with van der Waals surface area (Å²) in [4.78, 5) is 38.4. The third kappa shape index (κ3) is 3.62. The van der Waals surface area contributed by atoms with Gasteiger partial charge in [0.15, 0.2) is 6.73 Å². The molecule has 1 saturated carbocycles. The maximum absolute atomic E-state index is 12.4. The van der Waals surface area contributed by atoms with E-state index < -0.39 is 30.6 Å². The number of ether oxygens (including phenoxy) is 1. The molecule has 1 aliphatic heterocycles.